The molecule has 1 rings (SSSR count). The minimum atomic E-state index is -1.68. The van der Waals surface area contributed by atoms with Gasteiger partial charge >= 0.3 is 5.97 Å². The minimum absolute atomic E-state index is 0.161. The fraction of sp³-hybridized carbons (Fsp3) is 0.333. The van der Waals surface area contributed by atoms with Crippen molar-refractivity contribution >= 4 is 23.6 Å². The fourth-order valence-electron chi connectivity index (χ4n) is 1.42. The molecule has 0 fully saturated rings. The number of thioether (sulfide) groups is 1. The molecule has 0 aromatic heterocycles. The first-order chi connectivity index (χ1) is 9.36. The summed E-state index contributed by atoms with van der Waals surface area (Å²) in [5, 5.41) is 11.1. The van der Waals surface area contributed by atoms with Crippen LogP contribution < -0.4 is 5.32 Å². The van der Waals surface area contributed by atoms with Crippen LogP contribution >= 0.6 is 11.8 Å². The Morgan fingerprint density at radius 1 is 1.30 bits per heavy atom. The Bertz CT molecular complexity index is 502. The molecule has 0 aliphatic rings. The van der Waals surface area contributed by atoms with E-state index in [1.807, 2.05) is 0 Å². The summed E-state index contributed by atoms with van der Waals surface area (Å²) in [6, 6.07) is -0.145. The maximum Gasteiger partial charge on any atom is 0.326 e. The second-order valence-electron chi connectivity index (χ2n) is 3.90. The van der Waals surface area contributed by atoms with Crippen LogP contribution in [0, 0.1) is 17.5 Å². The molecule has 8 heteroatoms. The summed E-state index contributed by atoms with van der Waals surface area (Å²) in [4.78, 5) is 22.6. The number of rotatable bonds is 6. The van der Waals surface area contributed by atoms with E-state index < -0.39 is 40.9 Å². The molecule has 4 nitrogen and oxygen atoms in total. The molecular formula is C12H12F3NO3S. The first-order valence-corrected chi connectivity index (χ1v) is 6.93. The van der Waals surface area contributed by atoms with Crippen molar-refractivity contribution in [2.45, 2.75) is 12.5 Å². The maximum atomic E-state index is 13.0. The van der Waals surface area contributed by atoms with Gasteiger partial charge in [-0.2, -0.15) is 11.8 Å². The lowest BCUT2D eigenvalue weighted by Crippen LogP contribution is -2.41. The highest BCUT2D eigenvalue weighted by Crippen LogP contribution is 2.14. The van der Waals surface area contributed by atoms with Crippen molar-refractivity contribution in [3.05, 3.63) is 35.1 Å². The summed E-state index contributed by atoms with van der Waals surface area (Å²) in [5.74, 6) is -6.44. The van der Waals surface area contributed by atoms with E-state index >= 15 is 0 Å². The van der Waals surface area contributed by atoms with Gasteiger partial charge in [0, 0.05) is 5.56 Å². The highest BCUT2D eigenvalue weighted by Gasteiger charge is 2.22. The molecule has 1 aromatic carbocycles. The van der Waals surface area contributed by atoms with E-state index in [0.29, 0.717) is 17.9 Å². The Morgan fingerprint density at radius 2 is 1.85 bits per heavy atom. The lowest BCUT2D eigenvalue weighted by atomic mass is 10.1. The molecule has 20 heavy (non-hydrogen) atoms. The molecule has 0 saturated heterocycles. The van der Waals surface area contributed by atoms with Gasteiger partial charge in [-0.25, -0.2) is 18.0 Å². The molecule has 0 spiro atoms. The van der Waals surface area contributed by atoms with E-state index in [-0.39, 0.29) is 6.42 Å². The number of hydrogen-bond acceptors (Lipinski definition) is 3. The smallest absolute Gasteiger partial charge is 0.326 e. The van der Waals surface area contributed by atoms with Gasteiger partial charge < -0.3 is 10.4 Å². The third-order valence-corrected chi connectivity index (χ3v) is 3.10. The van der Waals surface area contributed by atoms with Gasteiger partial charge in [0.1, 0.15) is 6.04 Å². The molecule has 1 atom stereocenters. The predicted octanol–water partition coefficient (Wildman–Crippen LogP) is 2.04. The summed E-state index contributed by atoms with van der Waals surface area (Å²) >= 11 is 1.39. The molecule has 0 aliphatic heterocycles. The number of hydrogen-bond donors (Lipinski definition) is 2. The number of amides is 1. The van der Waals surface area contributed by atoms with Gasteiger partial charge in [0.25, 0.3) is 5.91 Å². The third kappa shape index (κ3) is 4.16. The highest BCUT2D eigenvalue weighted by atomic mass is 32.2. The molecule has 0 unspecified atom stereocenters. The first-order valence-electron chi connectivity index (χ1n) is 5.54. The van der Waals surface area contributed by atoms with Crippen molar-refractivity contribution in [3.63, 3.8) is 0 Å². The van der Waals surface area contributed by atoms with Gasteiger partial charge in [0.05, 0.1) is 0 Å². The fourth-order valence-corrected chi connectivity index (χ4v) is 1.89. The predicted molar refractivity (Wildman–Crippen MR) is 68.2 cm³/mol. The van der Waals surface area contributed by atoms with E-state index in [4.69, 9.17) is 5.11 Å². The number of carboxylic acid groups (broad SMARTS) is 1. The van der Waals surface area contributed by atoms with Crippen LogP contribution in [0.4, 0.5) is 13.2 Å². The summed E-state index contributed by atoms with van der Waals surface area (Å²) in [6.07, 6.45) is 1.93. The number of benzene rings is 1. The number of aliphatic carboxylic acids is 1. The monoisotopic (exact) mass is 307 g/mol. The number of carboxylic acids is 1. The van der Waals surface area contributed by atoms with Gasteiger partial charge in [-0.3, -0.25) is 4.79 Å². The Balaban J connectivity index is 2.86. The van der Waals surface area contributed by atoms with E-state index in [2.05, 4.69) is 5.32 Å². The van der Waals surface area contributed by atoms with Crippen molar-refractivity contribution in [1.29, 1.82) is 0 Å². The van der Waals surface area contributed by atoms with Gasteiger partial charge in [-0.15, -0.1) is 0 Å². The summed E-state index contributed by atoms with van der Waals surface area (Å²) in [7, 11) is 0. The van der Waals surface area contributed by atoms with Crippen LogP contribution in [0.15, 0.2) is 12.1 Å². The molecule has 0 bridgehead atoms. The minimum Gasteiger partial charge on any atom is -0.480 e. The van der Waals surface area contributed by atoms with Crippen molar-refractivity contribution in [3.8, 4) is 0 Å². The number of carbonyl (C=O) groups is 2. The largest absolute Gasteiger partial charge is 0.480 e. The molecule has 2 N–H and O–H groups in total. The zero-order chi connectivity index (χ0) is 15.3. The van der Waals surface area contributed by atoms with Crippen molar-refractivity contribution < 1.29 is 27.9 Å². The van der Waals surface area contributed by atoms with Crippen LogP contribution in [0.25, 0.3) is 0 Å². The van der Waals surface area contributed by atoms with Gasteiger partial charge in [-0.05, 0) is 30.6 Å². The Kier molecular flexibility index (Phi) is 5.87. The summed E-state index contributed by atoms with van der Waals surface area (Å²) < 4.78 is 38.7. The molecule has 0 radical (unpaired) electrons. The first kappa shape index (κ1) is 16.4. The maximum absolute atomic E-state index is 13.0. The van der Waals surface area contributed by atoms with Gasteiger partial charge in [0.15, 0.2) is 17.5 Å². The average Bonchev–Trinajstić information content (AvgIpc) is 2.39. The van der Waals surface area contributed by atoms with E-state index in [1.54, 1.807) is 6.26 Å². The Labute approximate surface area is 117 Å². The van der Waals surface area contributed by atoms with Crippen molar-refractivity contribution in [1.82, 2.24) is 5.32 Å². The van der Waals surface area contributed by atoms with Crippen molar-refractivity contribution in [2.24, 2.45) is 0 Å². The quantitative estimate of drug-likeness (QED) is 0.789. The summed E-state index contributed by atoms with van der Waals surface area (Å²) in [5.41, 5.74) is -0.475. The summed E-state index contributed by atoms with van der Waals surface area (Å²) in [6.45, 7) is 0. The standard InChI is InChI=1S/C12H12F3NO3S/c1-20-3-2-9(12(18)19)16-11(17)6-4-7(13)10(15)8(14)5-6/h4-5,9H,2-3H2,1H3,(H,16,17)(H,18,19)/t9-/m1/s1. The topological polar surface area (TPSA) is 66.4 Å². The van der Waals surface area contributed by atoms with Crippen LogP contribution in [0.1, 0.15) is 16.8 Å². The number of carbonyl (C=O) groups excluding carboxylic acids is 1. The van der Waals surface area contributed by atoms with Crippen LogP contribution in [0.5, 0.6) is 0 Å². The molecule has 0 aliphatic carbocycles. The van der Waals surface area contributed by atoms with E-state index in [0.717, 1.165) is 0 Å². The third-order valence-electron chi connectivity index (χ3n) is 2.46. The number of halogens is 3. The molecular weight excluding hydrogens is 295 g/mol. The zero-order valence-electron chi connectivity index (χ0n) is 10.5. The molecule has 1 amide bonds. The van der Waals surface area contributed by atoms with Gasteiger partial charge in [-0.1, -0.05) is 0 Å². The van der Waals surface area contributed by atoms with E-state index in [9.17, 15) is 22.8 Å². The van der Waals surface area contributed by atoms with Crippen LogP contribution in [0.3, 0.4) is 0 Å². The van der Waals surface area contributed by atoms with Gasteiger partial charge in [0.2, 0.25) is 0 Å². The Hall–Kier alpha value is -1.70. The molecule has 0 heterocycles. The number of nitrogens with one attached hydrogen (secondary N) is 1. The lowest BCUT2D eigenvalue weighted by Gasteiger charge is -2.14. The van der Waals surface area contributed by atoms with Crippen LogP contribution in [-0.2, 0) is 4.79 Å². The van der Waals surface area contributed by atoms with Crippen LogP contribution in [-0.4, -0.2) is 35.0 Å². The Morgan fingerprint density at radius 3 is 2.30 bits per heavy atom. The molecule has 0 saturated carbocycles. The van der Waals surface area contributed by atoms with E-state index in [1.165, 1.54) is 11.8 Å². The molecule has 1 aromatic rings. The zero-order valence-corrected chi connectivity index (χ0v) is 11.3. The van der Waals surface area contributed by atoms with Crippen LogP contribution in [0.2, 0.25) is 0 Å². The second kappa shape index (κ2) is 7.18. The second-order valence-corrected chi connectivity index (χ2v) is 4.89. The molecule has 110 valence electrons. The average molecular weight is 307 g/mol. The highest BCUT2D eigenvalue weighted by molar-refractivity contribution is 7.98. The SMILES string of the molecule is CSCC[C@@H](NC(=O)c1cc(F)c(F)c(F)c1)C(=O)O. The van der Waals surface area contributed by atoms with Crippen molar-refractivity contribution in [2.75, 3.05) is 12.0 Å². The lowest BCUT2D eigenvalue weighted by molar-refractivity contribution is -0.139. The normalized spacial score (nSPS) is 12.0.